The Balaban J connectivity index is 1.16. The number of imide groups is 1. The van der Waals surface area contributed by atoms with E-state index in [1.807, 2.05) is 30.3 Å². The van der Waals surface area contributed by atoms with Crippen LogP contribution in [-0.4, -0.2) is 23.6 Å². The highest BCUT2D eigenvalue weighted by atomic mass is 16.5. The Morgan fingerprint density at radius 1 is 0.833 bits per heavy atom. The van der Waals surface area contributed by atoms with Crippen molar-refractivity contribution in [3.8, 4) is 5.75 Å². The normalized spacial score (nSPS) is 29.3. The maximum atomic E-state index is 13.3. The number of nitrogens with zero attached hydrogens (tertiary/aromatic N) is 1. The second-order valence-electron chi connectivity index (χ2n) is 10.3. The van der Waals surface area contributed by atoms with E-state index >= 15 is 0 Å². The highest BCUT2D eigenvalue weighted by molar-refractivity contribution is 6.22. The molecule has 5 aliphatic rings. The van der Waals surface area contributed by atoms with Gasteiger partial charge < -0.3 is 4.74 Å². The zero-order valence-electron chi connectivity index (χ0n) is 19.6. The monoisotopic (exact) mass is 477 g/mol. The van der Waals surface area contributed by atoms with E-state index in [4.69, 9.17) is 4.74 Å². The van der Waals surface area contributed by atoms with Crippen LogP contribution in [-0.2, 0) is 9.59 Å². The minimum absolute atomic E-state index is 0.133. The average molecular weight is 478 g/mol. The van der Waals surface area contributed by atoms with Gasteiger partial charge in [-0.3, -0.25) is 19.3 Å². The Hall–Kier alpha value is -4.06. The molecule has 2 saturated carbocycles. The molecule has 3 fully saturated rings. The van der Waals surface area contributed by atoms with Crippen LogP contribution in [0.3, 0.4) is 0 Å². The van der Waals surface area contributed by atoms with Gasteiger partial charge in [0.25, 0.3) is 0 Å². The van der Waals surface area contributed by atoms with Crippen LogP contribution in [0, 0.1) is 35.5 Å². The molecule has 1 aliphatic heterocycles. The first kappa shape index (κ1) is 21.2. The second kappa shape index (κ2) is 7.47. The Kier molecular flexibility index (Phi) is 4.41. The number of ketones is 1. The molecule has 0 N–H and O–H groups in total. The lowest BCUT2D eigenvalue weighted by Gasteiger charge is -2.37. The molecule has 6 heteroatoms. The first-order valence-electron chi connectivity index (χ1n) is 12.3. The first-order valence-corrected chi connectivity index (χ1v) is 12.3. The quantitative estimate of drug-likeness (QED) is 0.177. The van der Waals surface area contributed by atoms with Crippen LogP contribution < -0.4 is 9.64 Å². The first-order chi connectivity index (χ1) is 17.4. The molecule has 0 spiro atoms. The molecule has 2 bridgehead atoms. The van der Waals surface area contributed by atoms with Crippen molar-refractivity contribution in [1.29, 1.82) is 0 Å². The molecule has 4 aliphatic carbocycles. The van der Waals surface area contributed by atoms with Gasteiger partial charge in [0.2, 0.25) is 11.8 Å². The molecule has 6 nitrogen and oxygen atoms in total. The number of esters is 1. The summed E-state index contributed by atoms with van der Waals surface area (Å²) in [7, 11) is 0. The van der Waals surface area contributed by atoms with Crippen LogP contribution >= 0.6 is 0 Å². The van der Waals surface area contributed by atoms with Crippen molar-refractivity contribution in [2.75, 3.05) is 4.90 Å². The summed E-state index contributed by atoms with van der Waals surface area (Å²) < 4.78 is 5.73. The Morgan fingerprint density at radius 3 is 2.11 bits per heavy atom. The number of allylic oxidation sites excluding steroid dienone is 2. The number of benzene rings is 3. The van der Waals surface area contributed by atoms with E-state index in [1.54, 1.807) is 30.3 Å². The van der Waals surface area contributed by atoms with Crippen LogP contribution in [0.1, 0.15) is 34.1 Å². The third-order valence-electron chi connectivity index (χ3n) is 8.48. The minimum Gasteiger partial charge on any atom is -0.421 e. The van der Waals surface area contributed by atoms with Gasteiger partial charge in [0.1, 0.15) is 5.75 Å². The topological polar surface area (TPSA) is 80.8 Å². The van der Waals surface area contributed by atoms with Crippen molar-refractivity contribution in [2.24, 2.45) is 35.5 Å². The third kappa shape index (κ3) is 2.90. The van der Waals surface area contributed by atoms with Crippen molar-refractivity contribution in [2.45, 2.75) is 13.3 Å². The molecule has 1 heterocycles. The fraction of sp³-hybridized carbons (Fsp3) is 0.267. The van der Waals surface area contributed by atoms with E-state index in [2.05, 4.69) is 12.2 Å². The lowest BCUT2D eigenvalue weighted by atomic mass is 9.63. The van der Waals surface area contributed by atoms with Gasteiger partial charge in [-0.25, -0.2) is 4.79 Å². The minimum atomic E-state index is -0.615. The third-order valence-corrected chi connectivity index (χ3v) is 8.48. The van der Waals surface area contributed by atoms with E-state index in [9.17, 15) is 19.2 Å². The summed E-state index contributed by atoms with van der Waals surface area (Å²) in [6.45, 7) is 1.43. The number of hydrogen-bond acceptors (Lipinski definition) is 5. The summed E-state index contributed by atoms with van der Waals surface area (Å²) in [5.74, 6) is 0.0308. The predicted molar refractivity (Wildman–Crippen MR) is 133 cm³/mol. The Labute approximate surface area is 207 Å². The molecule has 1 saturated heterocycles. The SMILES string of the molecule is CC(=O)c1ccc2ccccc2c1OC(=O)c1ccc(N2C(=O)C3C4C=CC(C5CC45)C3C2=O)cc1. The highest BCUT2D eigenvalue weighted by Gasteiger charge is 2.67. The summed E-state index contributed by atoms with van der Waals surface area (Å²) in [4.78, 5) is 53.2. The highest BCUT2D eigenvalue weighted by Crippen LogP contribution is 2.65. The van der Waals surface area contributed by atoms with Gasteiger partial charge in [-0.1, -0.05) is 42.5 Å². The van der Waals surface area contributed by atoms with Crippen molar-refractivity contribution < 1.29 is 23.9 Å². The van der Waals surface area contributed by atoms with Crippen molar-refractivity contribution >= 4 is 40.0 Å². The number of fused-ring (bicyclic) bond motifs is 1. The lowest BCUT2D eigenvalue weighted by molar-refractivity contribution is -0.124. The molecule has 3 aromatic carbocycles. The van der Waals surface area contributed by atoms with Gasteiger partial charge in [-0.05, 0) is 72.7 Å². The van der Waals surface area contributed by atoms with E-state index in [1.165, 1.54) is 11.8 Å². The smallest absolute Gasteiger partial charge is 0.343 e. The van der Waals surface area contributed by atoms with E-state index in [0.29, 0.717) is 28.5 Å². The standard InChI is InChI=1S/C30H23NO5/c1-15(32)19-11-8-16-4-2-3-5-20(16)27(19)36-30(35)17-6-9-18(10-7-17)31-28(33)25-21-12-13-22(24-14-23(21)24)26(25)29(31)34/h2-13,21-26H,14H2,1H3. The number of carbonyl (C=O) groups is 4. The van der Waals surface area contributed by atoms with E-state index in [-0.39, 0.29) is 52.6 Å². The Morgan fingerprint density at radius 2 is 1.47 bits per heavy atom. The zero-order valence-corrected chi connectivity index (χ0v) is 19.6. The largest absolute Gasteiger partial charge is 0.421 e. The maximum Gasteiger partial charge on any atom is 0.343 e. The number of anilines is 1. The van der Waals surface area contributed by atoms with Gasteiger partial charge in [-0.15, -0.1) is 0 Å². The van der Waals surface area contributed by atoms with Crippen LogP contribution in [0.5, 0.6) is 5.75 Å². The van der Waals surface area contributed by atoms with Gasteiger partial charge in [0.15, 0.2) is 5.78 Å². The van der Waals surface area contributed by atoms with E-state index < -0.39 is 5.97 Å². The zero-order chi connectivity index (χ0) is 24.7. The van der Waals surface area contributed by atoms with Gasteiger partial charge >= 0.3 is 5.97 Å². The summed E-state index contributed by atoms with van der Waals surface area (Å²) in [6.07, 6.45) is 5.42. The van der Waals surface area contributed by atoms with Crippen LogP contribution in [0.4, 0.5) is 5.69 Å². The molecular formula is C30H23NO5. The number of Topliss-reactive ketones (excluding diaryl/α,β-unsaturated/α-hetero) is 1. The van der Waals surface area contributed by atoms with E-state index in [0.717, 1.165) is 11.8 Å². The molecule has 0 radical (unpaired) electrons. The second-order valence-corrected chi connectivity index (χ2v) is 10.3. The summed E-state index contributed by atoms with van der Waals surface area (Å²) in [5.41, 5.74) is 1.06. The van der Waals surface area contributed by atoms with Gasteiger partial charge in [0, 0.05) is 5.39 Å². The number of carbonyl (C=O) groups excluding carboxylic acids is 4. The van der Waals surface area contributed by atoms with Crippen LogP contribution in [0.15, 0.2) is 72.8 Å². The molecule has 0 aromatic heterocycles. The molecule has 3 aromatic rings. The summed E-state index contributed by atoms with van der Waals surface area (Å²) >= 11 is 0. The van der Waals surface area contributed by atoms with Gasteiger partial charge in [-0.2, -0.15) is 0 Å². The molecule has 6 unspecified atom stereocenters. The van der Waals surface area contributed by atoms with Crippen LogP contribution in [0.25, 0.3) is 10.8 Å². The molecule has 178 valence electrons. The molecule has 6 atom stereocenters. The van der Waals surface area contributed by atoms with Crippen molar-refractivity contribution in [3.63, 3.8) is 0 Å². The lowest BCUT2D eigenvalue weighted by Crippen LogP contribution is -2.40. The number of amides is 2. The number of rotatable bonds is 4. The van der Waals surface area contributed by atoms with Crippen molar-refractivity contribution in [3.05, 3.63) is 83.9 Å². The Bertz CT molecular complexity index is 1480. The van der Waals surface area contributed by atoms with Crippen LogP contribution in [0.2, 0.25) is 0 Å². The molecule has 2 amide bonds. The molecule has 36 heavy (non-hydrogen) atoms. The predicted octanol–water partition coefficient (Wildman–Crippen LogP) is 4.82. The fourth-order valence-electron chi connectivity index (χ4n) is 6.74. The average Bonchev–Trinajstić information content (AvgIpc) is 3.67. The maximum absolute atomic E-state index is 13.3. The fourth-order valence-corrected chi connectivity index (χ4v) is 6.74. The van der Waals surface area contributed by atoms with Gasteiger partial charge in [0.05, 0.1) is 28.7 Å². The molecular weight excluding hydrogens is 454 g/mol. The van der Waals surface area contributed by atoms with Crippen molar-refractivity contribution in [1.82, 2.24) is 0 Å². The number of hydrogen-bond donors (Lipinski definition) is 0. The summed E-state index contributed by atoms with van der Waals surface area (Å²) in [6, 6.07) is 17.2. The molecule has 8 rings (SSSR count). The summed E-state index contributed by atoms with van der Waals surface area (Å²) in [5, 5.41) is 1.53. The number of ether oxygens (including phenoxy) is 1.